The van der Waals surface area contributed by atoms with Crippen LogP contribution in [0.3, 0.4) is 0 Å². The quantitative estimate of drug-likeness (QED) is 0.802. The number of amides is 1. The molecule has 1 N–H and O–H groups in total. The van der Waals surface area contributed by atoms with Gasteiger partial charge in [-0.05, 0) is 30.3 Å². The number of hydrogen-bond donors (Lipinski definition) is 1. The lowest BCUT2D eigenvalue weighted by Gasteiger charge is -2.30. The van der Waals surface area contributed by atoms with Gasteiger partial charge in [-0.2, -0.15) is 13.2 Å². The molecular weight excluding hydrogens is 415 g/mol. The molecule has 1 aliphatic heterocycles. The van der Waals surface area contributed by atoms with Crippen molar-refractivity contribution in [1.29, 1.82) is 0 Å². The van der Waals surface area contributed by atoms with Crippen LogP contribution in [0.5, 0.6) is 0 Å². The van der Waals surface area contributed by atoms with Gasteiger partial charge in [0.1, 0.15) is 5.69 Å². The van der Waals surface area contributed by atoms with Crippen LogP contribution in [0.4, 0.5) is 24.5 Å². The third-order valence-electron chi connectivity index (χ3n) is 3.87. The van der Waals surface area contributed by atoms with Gasteiger partial charge in [-0.3, -0.25) is 9.78 Å². The fourth-order valence-electron chi connectivity index (χ4n) is 2.58. The number of halogens is 4. The number of anilines is 2. The minimum Gasteiger partial charge on any atom is -0.378 e. The summed E-state index contributed by atoms with van der Waals surface area (Å²) in [4.78, 5) is 17.8. The van der Waals surface area contributed by atoms with Crippen molar-refractivity contribution >= 4 is 33.2 Å². The van der Waals surface area contributed by atoms with Crippen LogP contribution in [0.1, 0.15) is 16.1 Å². The molecule has 138 valence electrons. The van der Waals surface area contributed by atoms with Gasteiger partial charge in [-0.25, -0.2) is 0 Å². The Morgan fingerprint density at radius 2 is 1.92 bits per heavy atom. The van der Waals surface area contributed by atoms with Crippen LogP contribution in [-0.4, -0.2) is 37.2 Å². The maximum absolute atomic E-state index is 12.6. The van der Waals surface area contributed by atoms with E-state index in [2.05, 4.69) is 31.1 Å². The van der Waals surface area contributed by atoms with E-state index in [0.29, 0.717) is 32.0 Å². The largest absolute Gasteiger partial charge is 0.433 e. The summed E-state index contributed by atoms with van der Waals surface area (Å²) in [5, 5.41) is 2.75. The van der Waals surface area contributed by atoms with Crippen molar-refractivity contribution in [2.24, 2.45) is 0 Å². The number of alkyl halides is 3. The van der Waals surface area contributed by atoms with Crippen LogP contribution in [0, 0.1) is 0 Å². The zero-order valence-electron chi connectivity index (χ0n) is 13.5. The number of ether oxygens (including phenoxy) is 1. The van der Waals surface area contributed by atoms with E-state index in [4.69, 9.17) is 4.74 Å². The van der Waals surface area contributed by atoms with Crippen LogP contribution in [0.25, 0.3) is 0 Å². The topological polar surface area (TPSA) is 54.5 Å². The predicted molar refractivity (Wildman–Crippen MR) is 94.4 cm³/mol. The summed E-state index contributed by atoms with van der Waals surface area (Å²) < 4.78 is 43.9. The van der Waals surface area contributed by atoms with Crippen molar-refractivity contribution in [1.82, 2.24) is 4.98 Å². The molecule has 2 aromatic rings. The summed E-state index contributed by atoms with van der Waals surface area (Å²) in [6.07, 6.45) is -3.62. The lowest BCUT2D eigenvalue weighted by molar-refractivity contribution is -0.141. The molecule has 1 aliphatic rings. The molecule has 2 heterocycles. The molecule has 1 saturated heterocycles. The molecule has 0 aliphatic carbocycles. The Morgan fingerprint density at radius 1 is 1.19 bits per heavy atom. The second-order valence-corrected chi connectivity index (χ2v) is 6.56. The lowest BCUT2D eigenvalue weighted by atomic mass is 10.2. The van der Waals surface area contributed by atoms with E-state index >= 15 is 0 Å². The Bertz CT molecular complexity index is 791. The van der Waals surface area contributed by atoms with E-state index < -0.39 is 17.8 Å². The third kappa shape index (κ3) is 4.34. The molecule has 26 heavy (non-hydrogen) atoms. The van der Waals surface area contributed by atoms with Gasteiger partial charge in [-0.1, -0.05) is 15.9 Å². The van der Waals surface area contributed by atoms with Gasteiger partial charge in [0.25, 0.3) is 5.91 Å². The second kappa shape index (κ2) is 7.63. The van der Waals surface area contributed by atoms with Crippen molar-refractivity contribution in [3.05, 3.63) is 52.3 Å². The molecular formula is C17H15BrF3N3O2. The van der Waals surface area contributed by atoms with Crippen LogP contribution < -0.4 is 10.2 Å². The van der Waals surface area contributed by atoms with Gasteiger partial charge in [0.15, 0.2) is 0 Å². The number of nitrogens with zero attached hydrogens (tertiary/aromatic N) is 2. The zero-order valence-corrected chi connectivity index (χ0v) is 15.1. The highest BCUT2D eigenvalue weighted by Crippen LogP contribution is 2.31. The minimum atomic E-state index is -4.54. The zero-order chi connectivity index (χ0) is 18.7. The number of nitrogens with one attached hydrogen (secondary N) is 1. The molecule has 0 saturated carbocycles. The van der Waals surface area contributed by atoms with Gasteiger partial charge < -0.3 is 15.0 Å². The number of aromatic nitrogens is 1. The molecule has 1 aromatic heterocycles. The molecule has 9 heteroatoms. The summed E-state index contributed by atoms with van der Waals surface area (Å²) in [6, 6.07) is 7.38. The molecule has 0 spiro atoms. The van der Waals surface area contributed by atoms with E-state index in [-0.39, 0.29) is 5.56 Å². The Kier molecular flexibility index (Phi) is 5.47. The van der Waals surface area contributed by atoms with E-state index in [1.807, 2.05) is 12.1 Å². The van der Waals surface area contributed by atoms with Crippen molar-refractivity contribution < 1.29 is 22.7 Å². The summed E-state index contributed by atoms with van der Waals surface area (Å²) >= 11 is 3.37. The maximum Gasteiger partial charge on any atom is 0.433 e. The summed E-state index contributed by atoms with van der Waals surface area (Å²) in [5.74, 6) is -0.529. The molecule has 1 fully saturated rings. The number of morpholine rings is 1. The summed E-state index contributed by atoms with van der Waals surface area (Å²) in [5.41, 5.74) is 0.396. The average Bonchev–Trinajstić information content (AvgIpc) is 2.62. The summed E-state index contributed by atoms with van der Waals surface area (Å²) in [6.45, 7) is 2.55. The molecule has 0 atom stereocenters. The third-order valence-corrected chi connectivity index (χ3v) is 4.37. The van der Waals surface area contributed by atoms with Crippen molar-refractivity contribution in [3.8, 4) is 0 Å². The fourth-order valence-corrected chi connectivity index (χ4v) is 2.94. The smallest absolute Gasteiger partial charge is 0.378 e. The van der Waals surface area contributed by atoms with Gasteiger partial charge in [0, 0.05) is 23.8 Å². The van der Waals surface area contributed by atoms with E-state index in [9.17, 15) is 18.0 Å². The molecule has 0 bridgehead atoms. The van der Waals surface area contributed by atoms with E-state index in [1.54, 1.807) is 6.07 Å². The Hall–Kier alpha value is -2.13. The molecule has 0 radical (unpaired) electrons. The first-order valence-corrected chi connectivity index (χ1v) is 8.61. The summed E-state index contributed by atoms with van der Waals surface area (Å²) in [7, 11) is 0. The molecule has 1 amide bonds. The van der Waals surface area contributed by atoms with Crippen molar-refractivity contribution in [3.63, 3.8) is 0 Å². The van der Waals surface area contributed by atoms with E-state index in [0.717, 1.165) is 28.5 Å². The van der Waals surface area contributed by atoms with E-state index in [1.165, 1.54) is 0 Å². The highest BCUT2D eigenvalue weighted by atomic mass is 79.9. The Labute approximate surface area is 156 Å². The number of hydrogen-bond acceptors (Lipinski definition) is 4. The molecule has 0 unspecified atom stereocenters. The van der Waals surface area contributed by atoms with Gasteiger partial charge in [0.2, 0.25) is 0 Å². The number of pyridine rings is 1. The van der Waals surface area contributed by atoms with Crippen molar-refractivity contribution in [2.45, 2.75) is 6.18 Å². The van der Waals surface area contributed by atoms with Crippen LogP contribution in [0.15, 0.2) is 41.0 Å². The molecule has 3 rings (SSSR count). The van der Waals surface area contributed by atoms with Crippen molar-refractivity contribution in [2.75, 3.05) is 36.5 Å². The molecule has 1 aromatic carbocycles. The van der Waals surface area contributed by atoms with Crippen LogP contribution in [0.2, 0.25) is 0 Å². The molecule has 5 nitrogen and oxygen atoms in total. The number of benzene rings is 1. The minimum absolute atomic E-state index is 0.0471. The Balaban J connectivity index is 1.81. The fraction of sp³-hybridized carbons (Fsp3) is 0.294. The number of carbonyl (C=O) groups excluding carboxylic acids is 1. The standard InChI is InChI=1S/C17H15BrF3N3O2/c18-12-2-3-14(24-5-7-26-8-6-24)13(9-12)23-16(25)11-1-4-15(22-10-11)17(19,20)21/h1-4,9-10H,5-8H2,(H,23,25). The lowest BCUT2D eigenvalue weighted by Crippen LogP contribution is -2.36. The Morgan fingerprint density at radius 3 is 2.54 bits per heavy atom. The second-order valence-electron chi connectivity index (χ2n) is 5.64. The first kappa shape index (κ1) is 18.7. The monoisotopic (exact) mass is 429 g/mol. The maximum atomic E-state index is 12.6. The first-order valence-electron chi connectivity index (χ1n) is 7.81. The van der Waals surface area contributed by atoms with Gasteiger partial charge >= 0.3 is 6.18 Å². The van der Waals surface area contributed by atoms with Gasteiger partial charge in [0.05, 0.1) is 30.2 Å². The SMILES string of the molecule is O=C(Nc1cc(Br)ccc1N1CCOCC1)c1ccc(C(F)(F)F)nc1. The average molecular weight is 430 g/mol. The number of carbonyl (C=O) groups is 1. The number of rotatable bonds is 3. The first-order chi connectivity index (χ1) is 12.3. The van der Waals surface area contributed by atoms with Crippen LogP contribution in [-0.2, 0) is 10.9 Å². The normalized spacial score (nSPS) is 15.0. The predicted octanol–water partition coefficient (Wildman–Crippen LogP) is 3.95. The highest BCUT2D eigenvalue weighted by Gasteiger charge is 2.32. The van der Waals surface area contributed by atoms with Gasteiger partial charge in [-0.15, -0.1) is 0 Å². The van der Waals surface area contributed by atoms with Crippen LogP contribution >= 0.6 is 15.9 Å². The highest BCUT2D eigenvalue weighted by molar-refractivity contribution is 9.10.